The van der Waals surface area contributed by atoms with Crippen molar-refractivity contribution in [1.29, 1.82) is 0 Å². The summed E-state index contributed by atoms with van der Waals surface area (Å²) >= 11 is 0. The minimum atomic E-state index is 0.0330. The molecule has 3 heteroatoms. The standard InChI is InChI=1S/C8H14N2O/c1-4-5-8(2,3)7-9-6-10-11-7/h6H,4-5H2,1-3H3. The molecular formula is C8H14N2O. The number of nitrogens with zero attached hydrogens (tertiary/aromatic N) is 2. The second-order valence-electron chi connectivity index (χ2n) is 3.38. The summed E-state index contributed by atoms with van der Waals surface area (Å²) in [5.74, 6) is 0.736. The van der Waals surface area contributed by atoms with E-state index >= 15 is 0 Å². The van der Waals surface area contributed by atoms with Gasteiger partial charge in [-0.05, 0) is 6.42 Å². The van der Waals surface area contributed by atoms with Crippen LogP contribution in [0.1, 0.15) is 39.5 Å². The zero-order valence-electron chi connectivity index (χ0n) is 7.29. The highest BCUT2D eigenvalue weighted by Crippen LogP contribution is 2.25. The summed E-state index contributed by atoms with van der Waals surface area (Å²) in [4.78, 5) is 4.03. The van der Waals surface area contributed by atoms with Crippen LogP contribution in [0.3, 0.4) is 0 Å². The number of hydrogen-bond acceptors (Lipinski definition) is 3. The highest BCUT2D eigenvalue weighted by atomic mass is 16.5. The van der Waals surface area contributed by atoms with E-state index in [2.05, 4.69) is 30.9 Å². The van der Waals surface area contributed by atoms with Crippen molar-refractivity contribution in [2.24, 2.45) is 0 Å². The maximum Gasteiger partial charge on any atom is 0.232 e. The molecule has 0 aliphatic heterocycles. The molecule has 11 heavy (non-hydrogen) atoms. The molecule has 0 radical (unpaired) electrons. The number of hydrogen-bond donors (Lipinski definition) is 0. The molecule has 0 atom stereocenters. The van der Waals surface area contributed by atoms with Gasteiger partial charge in [0.1, 0.15) is 0 Å². The molecule has 62 valence electrons. The lowest BCUT2D eigenvalue weighted by atomic mass is 9.88. The summed E-state index contributed by atoms with van der Waals surface area (Å²) in [6.07, 6.45) is 3.66. The quantitative estimate of drug-likeness (QED) is 0.669. The summed E-state index contributed by atoms with van der Waals surface area (Å²) in [6.45, 7) is 6.38. The Hall–Kier alpha value is -0.860. The maximum atomic E-state index is 4.99. The van der Waals surface area contributed by atoms with E-state index in [1.54, 1.807) is 0 Å². The SMILES string of the molecule is CCCC(C)(C)c1ncno1. The molecule has 0 saturated carbocycles. The highest BCUT2D eigenvalue weighted by molar-refractivity contribution is 4.96. The van der Waals surface area contributed by atoms with Crippen LogP contribution in [0.25, 0.3) is 0 Å². The second kappa shape index (κ2) is 3.03. The van der Waals surface area contributed by atoms with Crippen molar-refractivity contribution in [2.75, 3.05) is 0 Å². The number of aromatic nitrogens is 2. The molecule has 0 bridgehead atoms. The predicted octanol–water partition coefficient (Wildman–Crippen LogP) is 2.15. The highest BCUT2D eigenvalue weighted by Gasteiger charge is 2.24. The summed E-state index contributed by atoms with van der Waals surface area (Å²) in [5, 5.41) is 3.58. The van der Waals surface area contributed by atoms with Gasteiger partial charge in [-0.3, -0.25) is 0 Å². The Labute approximate surface area is 66.8 Å². The molecule has 1 rings (SSSR count). The molecule has 1 aromatic rings. The van der Waals surface area contributed by atoms with Crippen molar-refractivity contribution in [3.8, 4) is 0 Å². The van der Waals surface area contributed by atoms with Crippen LogP contribution in [0.4, 0.5) is 0 Å². The van der Waals surface area contributed by atoms with E-state index in [9.17, 15) is 0 Å². The minimum absolute atomic E-state index is 0.0330. The van der Waals surface area contributed by atoms with E-state index in [1.807, 2.05) is 0 Å². The van der Waals surface area contributed by atoms with Gasteiger partial charge < -0.3 is 4.52 Å². The van der Waals surface area contributed by atoms with Crippen LogP contribution in [0.2, 0.25) is 0 Å². The van der Waals surface area contributed by atoms with Gasteiger partial charge in [0.05, 0.1) is 0 Å². The molecule has 1 heterocycles. The molecule has 1 aromatic heterocycles. The van der Waals surface area contributed by atoms with E-state index in [0.29, 0.717) is 0 Å². The van der Waals surface area contributed by atoms with Gasteiger partial charge in [0.2, 0.25) is 5.89 Å². The lowest BCUT2D eigenvalue weighted by Gasteiger charge is -2.17. The third-order valence-electron chi connectivity index (χ3n) is 1.82. The first-order chi connectivity index (χ1) is 5.17. The Kier molecular flexibility index (Phi) is 2.27. The Morgan fingerprint density at radius 1 is 1.55 bits per heavy atom. The van der Waals surface area contributed by atoms with Crippen molar-refractivity contribution in [3.05, 3.63) is 12.2 Å². The van der Waals surface area contributed by atoms with Crippen molar-refractivity contribution in [1.82, 2.24) is 10.1 Å². The van der Waals surface area contributed by atoms with Crippen molar-refractivity contribution in [3.63, 3.8) is 0 Å². The summed E-state index contributed by atoms with van der Waals surface area (Å²) < 4.78 is 4.99. The Morgan fingerprint density at radius 3 is 2.73 bits per heavy atom. The van der Waals surface area contributed by atoms with Gasteiger partial charge in [0.25, 0.3) is 0 Å². The van der Waals surface area contributed by atoms with Crippen molar-refractivity contribution < 1.29 is 4.52 Å². The fourth-order valence-electron chi connectivity index (χ4n) is 1.20. The lowest BCUT2D eigenvalue weighted by molar-refractivity contribution is 0.294. The molecule has 0 aliphatic rings. The van der Waals surface area contributed by atoms with E-state index in [1.165, 1.54) is 6.33 Å². The van der Waals surface area contributed by atoms with E-state index in [-0.39, 0.29) is 5.41 Å². The molecule has 0 unspecified atom stereocenters. The molecule has 0 aromatic carbocycles. The summed E-state index contributed by atoms with van der Waals surface area (Å²) in [5.41, 5.74) is 0.0330. The molecule has 0 fully saturated rings. The van der Waals surface area contributed by atoms with Gasteiger partial charge in [-0.2, -0.15) is 4.98 Å². The molecule has 0 spiro atoms. The Morgan fingerprint density at radius 2 is 2.27 bits per heavy atom. The van der Waals surface area contributed by atoms with Gasteiger partial charge in [0.15, 0.2) is 6.33 Å². The van der Waals surface area contributed by atoms with Crippen LogP contribution >= 0.6 is 0 Å². The Balaban J connectivity index is 2.73. The molecule has 0 N–H and O–H groups in total. The molecule has 0 saturated heterocycles. The third-order valence-corrected chi connectivity index (χ3v) is 1.82. The molecule has 0 amide bonds. The molecular weight excluding hydrogens is 140 g/mol. The van der Waals surface area contributed by atoms with Crippen molar-refractivity contribution >= 4 is 0 Å². The number of rotatable bonds is 3. The lowest BCUT2D eigenvalue weighted by Crippen LogP contribution is -2.16. The fraction of sp³-hybridized carbons (Fsp3) is 0.750. The van der Waals surface area contributed by atoms with E-state index in [4.69, 9.17) is 4.52 Å². The largest absolute Gasteiger partial charge is 0.339 e. The van der Waals surface area contributed by atoms with Gasteiger partial charge in [-0.25, -0.2) is 0 Å². The zero-order valence-corrected chi connectivity index (χ0v) is 7.29. The molecule has 0 aliphatic carbocycles. The van der Waals surface area contributed by atoms with Crippen LogP contribution in [0.5, 0.6) is 0 Å². The van der Waals surface area contributed by atoms with E-state index < -0.39 is 0 Å². The van der Waals surface area contributed by atoms with E-state index in [0.717, 1.165) is 18.7 Å². The van der Waals surface area contributed by atoms with Crippen LogP contribution in [0, 0.1) is 0 Å². The maximum absolute atomic E-state index is 4.99. The first kappa shape index (κ1) is 8.24. The third kappa shape index (κ3) is 1.79. The normalized spacial score (nSPS) is 11.9. The average Bonchev–Trinajstić information content (AvgIpc) is 2.37. The fourth-order valence-corrected chi connectivity index (χ4v) is 1.20. The zero-order chi connectivity index (χ0) is 8.32. The topological polar surface area (TPSA) is 38.9 Å². The van der Waals surface area contributed by atoms with Crippen LogP contribution in [-0.4, -0.2) is 10.1 Å². The van der Waals surface area contributed by atoms with Gasteiger partial charge >= 0.3 is 0 Å². The first-order valence-electron chi connectivity index (χ1n) is 3.94. The summed E-state index contributed by atoms with van der Waals surface area (Å²) in [7, 11) is 0. The van der Waals surface area contributed by atoms with Gasteiger partial charge in [-0.1, -0.05) is 32.3 Å². The van der Waals surface area contributed by atoms with Gasteiger partial charge in [-0.15, -0.1) is 0 Å². The van der Waals surface area contributed by atoms with Crippen LogP contribution in [0.15, 0.2) is 10.9 Å². The van der Waals surface area contributed by atoms with Gasteiger partial charge in [0, 0.05) is 5.41 Å². The molecule has 3 nitrogen and oxygen atoms in total. The predicted molar refractivity (Wildman–Crippen MR) is 42.2 cm³/mol. The smallest absolute Gasteiger partial charge is 0.232 e. The minimum Gasteiger partial charge on any atom is -0.339 e. The first-order valence-corrected chi connectivity index (χ1v) is 3.94. The summed E-state index contributed by atoms with van der Waals surface area (Å²) in [6, 6.07) is 0. The van der Waals surface area contributed by atoms with Crippen LogP contribution < -0.4 is 0 Å². The monoisotopic (exact) mass is 154 g/mol. The van der Waals surface area contributed by atoms with Crippen LogP contribution in [-0.2, 0) is 5.41 Å². The van der Waals surface area contributed by atoms with Crippen molar-refractivity contribution in [2.45, 2.75) is 39.0 Å². The second-order valence-corrected chi connectivity index (χ2v) is 3.38. The Bertz CT molecular complexity index is 204. The average molecular weight is 154 g/mol.